The molecule has 1 atom stereocenters. The van der Waals surface area contributed by atoms with E-state index >= 15 is 0 Å². The van der Waals surface area contributed by atoms with Crippen molar-refractivity contribution in [3.8, 4) is 0 Å². The molecule has 1 unspecified atom stereocenters. The van der Waals surface area contributed by atoms with Gasteiger partial charge in [-0.2, -0.15) is 5.10 Å². The largest absolute Gasteiger partial charge is 0.468 e. The van der Waals surface area contributed by atoms with Gasteiger partial charge < -0.3 is 10.1 Å². The first-order valence-corrected chi connectivity index (χ1v) is 7.41. The summed E-state index contributed by atoms with van der Waals surface area (Å²) in [5.41, 5.74) is 2.32. The second kappa shape index (κ2) is 8.04. The van der Waals surface area contributed by atoms with Gasteiger partial charge in [-0.1, -0.05) is 27.7 Å². The van der Waals surface area contributed by atoms with Gasteiger partial charge in [-0.15, -0.1) is 0 Å². The first-order chi connectivity index (χ1) is 9.51. The number of aryl methyl sites for hydroxylation is 3. The summed E-state index contributed by atoms with van der Waals surface area (Å²) < 4.78 is 6.86. The fraction of sp³-hybridized carbons (Fsp3) is 0.733. The molecule has 5 nitrogen and oxygen atoms in total. The summed E-state index contributed by atoms with van der Waals surface area (Å²) in [4.78, 5) is 11.8. The lowest BCUT2D eigenvalue weighted by atomic mass is 10.2. The molecular weight excluding hydrogens is 254 g/mol. The zero-order valence-corrected chi connectivity index (χ0v) is 13.3. The number of ether oxygens (including phenoxy) is 1. The molecule has 20 heavy (non-hydrogen) atoms. The average molecular weight is 281 g/mol. The van der Waals surface area contributed by atoms with Crippen molar-refractivity contribution in [2.24, 2.45) is 0 Å². The van der Waals surface area contributed by atoms with E-state index in [1.54, 1.807) is 0 Å². The third-order valence-electron chi connectivity index (χ3n) is 3.29. The normalized spacial score (nSPS) is 12.7. The summed E-state index contributed by atoms with van der Waals surface area (Å²) in [5.74, 6) is -0.209. The van der Waals surface area contributed by atoms with Crippen molar-refractivity contribution in [1.82, 2.24) is 15.1 Å². The molecule has 0 saturated heterocycles. The maximum absolute atomic E-state index is 11.8. The summed E-state index contributed by atoms with van der Waals surface area (Å²) in [5, 5.41) is 7.82. The molecule has 1 heterocycles. The highest BCUT2D eigenvalue weighted by Gasteiger charge is 2.20. The van der Waals surface area contributed by atoms with Crippen molar-refractivity contribution in [2.45, 2.75) is 65.6 Å². The van der Waals surface area contributed by atoms with Gasteiger partial charge in [0.15, 0.2) is 0 Å². The molecule has 0 amide bonds. The summed E-state index contributed by atoms with van der Waals surface area (Å²) in [6, 6.07) is 2.11. The van der Waals surface area contributed by atoms with Crippen LogP contribution in [0.15, 0.2) is 6.07 Å². The van der Waals surface area contributed by atoms with E-state index in [2.05, 4.69) is 30.3 Å². The fourth-order valence-electron chi connectivity index (χ4n) is 2.23. The number of carbonyl (C=O) groups excluding carboxylic acids is 1. The van der Waals surface area contributed by atoms with Crippen LogP contribution in [-0.2, 0) is 28.9 Å². The number of hydrogen-bond donors (Lipinski definition) is 1. The predicted molar refractivity (Wildman–Crippen MR) is 79.7 cm³/mol. The van der Waals surface area contributed by atoms with Gasteiger partial charge in [0.25, 0.3) is 0 Å². The highest BCUT2D eigenvalue weighted by atomic mass is 16.5. The van der Waals surface area contributed by atoms with Crippen LogP contribution in [0.4, 0.5) is 0 Å². The average Bonchev–Trinajstić information content (AvgIpc) is 2.84. The molecule has 0 aliphatic carbocycles. The van der Waals surface area contributed by atoms with Gasteiger partial charge in [-0.3, -0.25) is 9.48 Å². The van der Waals surface area contributed by atoms with E-state index in [1.165, 1.54) is 12.8 Å². The molecule has 0 radical (unpaired) electrons. The number of hydrogen-bond acceptors (Lipinski definition) is 4. The topological polar surface area (TPSA) is 56.2 Å². The van der Waals surface area contributed by atoms with E-state index in [9.17, 15) is 4.79 Å². The van der Waals surface area contributed by atoms with Gasteiger partial charge in [0, 0.05) is 18.3 Å². The lowest BCUT2D eigenvalue weighted by Gasteiger charge is -2.19. The Morgan fingerprint density at radius 3 is 2.60 bits per heavy atom. The van der Waals surface area contributed by atoms with Crippen LogP contribution >= 0.6 is 0 Å². The zero-order chi connectivity index (χ0) is 15.1. The molecule has 0 spiro atoms. The third kappa shape index (κ3) is 4.63. The first kappa shape index (κ1) is 16.7. The van der Waals surface area contributed by atoms with Crippen molar-refractivity contribution in [2.75, 3.05) is 7.11 Å². The molecule has 0 bridgehead atoms. The summed E-state index contributed by atoms with van der Waals surface area (Å²) in [6.07, 6.45) is 2.57. The molecule has 0 aliphatic rings. The first-order valence-electron chi connectivity index (χ1n) is 7.41. The minimum atomic E-state index is -0.279. The molecular formula is C15H27N3O2. The van der Waals surface area contributed by atoms with Gasteiger partial charge >= 0.3 is 5.97 Å². The minimum Gasteiger partial charge on any atom is -0.468 e. The molecule has 0 aliphatic heterocycles. The van der Waals surface area contributed by atoms with Crippen LogP contribution in [0.2, 0.25) is 0 Å². The van der Waals surface area contributed by atoms with Crippen molar-refractivity contribution in [3.63, 3.8) is 0 Å². The molecule has 0 saturated carbocycles. The van der Waals surface area contributed by atoms with Gasteiger partial charge in [0.1, 0.15) is 6.04 Å². The van der Waals surface area contributed by atoms with Crippen LogP contribution < -0.4 is 5.32 Å². The van der Waals surface area contributed by atoms with Crippen LogP contribution in [0.3, 0.4) is 0 Å². The number of nitrogens with one attached hydrogen (secondary N) is 1. The number of carbonyl (C=O) groups is 1. The quantitative estimate of drug-likeness (QED) is 0.740. The van der Waals surface area contributed by atoms with Gasteiger partial charge in [-0.05, 0) is 25.3 Å². The van der Waals surface area contributed by atoms with Crippen LogP contribution in [0.1, 0.15) is 45.5 Å². The Morgan fingerprint density at radius 2 is 2.10 bits per heavy atom. The second-order valence-electron chi connectivity index (χ2n) is 5.24. The number of aromatic nitrogens is 2. The lowest BCUT2D eigenvalue weighted by Crippen LogP contribution is -2.42. The Balaban J connectivity index is 2.71. The second-order valence-corrected chi connectivity index (χ2v) is 5.24. The SMILES string of the molecule is CCc1cc(CC)n(CCC(NC(C)C)C(=O)OC)n1. The Labute approximate surface area is 121 Å². The molecule has 1 aromatic rings. The van der Waals surface area contributed by atoms with Gasteiger partial charge in [0.2, 0.25) is 0 Å². The fourth-order valence-corrected chi connectivity index (χ4v) is 2.23. The summed E-state index contributed by atoms with van der Waals surface area (Å²) >= 11 is 0. The molecule has 0 fully saturated rings. The van der Waals surface area contributed by atoms with E-state index in [-0.39, 0.29) is 18.1 Å². The molecule has 114 valence electrons. The van der Waals surface area contributed by atoms with Crippen LogP contribution in [-0.4, -0.2) is 34.9 Å². The Hall–Kier alpha value is -1.36. The van der Waals surface area contributed by atoms with Crippen LogP contribution in [0.25, 0.3) is 0 Å². The smallest absolute Gasteiger partial charge is 0.322 e. The van der Waals surface area contributed by atoms with Gasteiger partial charge in [-0.25, -0.2) is 0 Å². The number of nitrogens with zero attached hydrogens (tertiary/aromatic N) is 2. The predicted octanol–water partition coefficient (Wildman–Crippen LogP) is 1.94. The highest BCUT2D eigenvalue weighted by Crippen LogP contribution is 2.09. The molecule has 1 aromatic heterocycles. The third-order valence-corrected chi connectivity index (χ3v) is 3.29. The van der Waals surface area contributed by atoms with Crippen molar-refractivity contribution in [3.05, 3.63) is 17.5 Å². The standard InChI is InChI=1S/C15H27N3O2/c1-6-12-10-13(7-2)18(17-12)9-8-14(15(19)20-5)16-11(3)4/h10-11,14,16H,6-9H2,1-5H3. The Bertz CT molecular complexity index is 427. The van der Waals surface area contributed by atoms with E-state index in [4.69, 9.17) is 4.74 Å². The molecule has 1 rings (SSSR count). The lowest BCUT2D eigenvalue weighted by molar-refractivity contribution is -0.143. The van der Waals surface area contributed by atoms with E-state index in [0.29, 0.717) is 6.42 Å². The Kier molecular flexibility index (Phi) is 6.71. The number of esters is 1. The minimum absolute atomic E-state index is 0.209. The Morgan fingerprint density at radius 1 is 1.40 bits per heavy atom. The van der Waals surface area contributed by atoms with Crippen molar-refractivity contribution >= 4 is 5.97 Å². The maximum atomic E-state index is 11.8. The summed E-state index contributed by atoms with van der Waals surface area (Å²) in [7, 11) is 1.43. The van der Waals surface area contributed by atoms with Crippen molar-refractivity contribution < 1.29 is 9.53 Å². The van der Waals surface area contributed by atoms with E-state index in [0.717, 1.165) is 25.1 Å². The highest BCUT2D eigenvalue weighted by molar-refractivity contribution is 5.75. The van der Waals surface area contributed by atoms with Crippen molar-refractivity contribution in [1.29, 1.82) is 0 Å². The van der Waals surface area contributed by atoms with Crippen LogP contribution in [0.5, 0.6) is 0 Å². The monoisotopic (exact) mass is 281 g/mol. The number of rotatable bonds is 8. The van der Waals surface area contributed by atoms with Crippen LogP contribution in [0, 0.1) is 0 Å². The maximum Gasteiger partial charge on any atom is 0.322 e. The zero-order valence-electron chi connectivity index (χ0n) is 13.3. The van der Waals surface area contributed by atoms with E-state index < -0.39 is 0 Å². The molecule has 1 N–H and O–H groups in total. The molecule has 0 aromatic carbocycles. The number of methoxy groups -OCH3 is 1. The molecule has 5 heteroatoms. The van der Waals surface area contributed by atoms with E-state index in [1.807, 2.05) is 18.5 Å². The van der Waals surface area contributed by atoms with Gasteiger partial charge in [0.05, 0.1) is 12.8 Å². The summed E-state index contributed by atoms with van der Waals surface area (Å²) in [6.45, 7) is 9.00.